The summed E-state index contributed by atoms with van der Waals surface area (Å²) in [4.78, 5) is 24.8. The number of esters is 1. The minimum atomic E-state index is -0.467. The average Bonchev–Trinajstić information content (AvgIpc) is 3.09. The summed E-state index contributed by atoms with van der Waals surface area (Å²) in [6.07, 6.45) is 2.41. The van der Waals surface area contributed by atoms with Crippen molar-refractivity contribution in [1.82, 2.24) is 5.32 Å². The molecule has 5 nitrogen and oxygen atoms in total. The summed E-state index contributed by atoms with van der Waals surface area (Å²) in [6, 6.07) is 7.32. The molecule has 24 heavy (non-hydrogen) atoms. The molecule has 1 aromatic carbocycles. The summed E-state index contributed by atoms with van der Waals surface area (Å²) >= 11 is 1.59. The van der Waals surface area contributed by atoms with E-state index in [2.05, 4.69) is 5.32 Å². The third-order valence-electron chi connectivity index (χ3n) is 3.60. The Labute approximate surface area is 147 Å². The largest absolute Gasteiger partial charge is 0.452 e. The maximum atomic E-state index is 12.3. The summed E-state index contributed by atoms with van der Waals surface area (Å²) in [5.74, 6) is 0.436. The number of hydrogen-bond donors (Lipinski definition) is 1. The van der Waals surface area contributed by atoms with Crippen LogP contribution in [0.4, 0.5) is 0 Å². The number of amides is 1. The third-order valence-corrected chi connectivity index (χ3v) is 4.80. The van der Waals surface area contributed by atoms with Crippen molar-refractivity contribution in [2.24, 2.45) is 5.92 Å². The van der Waals surface area contributed by atoms with E-state index in [1.165, 1.54) is 0 Å². The highest BCUT2D eigenvalue weighted by Crippen LogP contribution is 2.27. The van der Waals surface area contributed by atoms with Gasteiger partial charge in [-0.1, -0.05) is 26.0 Å². The van der Waals surface area contributed by atoms with Crippen LogP contribution in [0.3, 0.4) is 0 Å². The van der Waals surface area contributed by atoms with Gasteiger partial charge in [0.1, 0.15) is 0 Å². The Balaban J connectivity index is 1.85. The highest BCUT2D eigenvalue weighted by molar-refractivity contribution is 7.99. The van der Waals surface area contributed by atoms with Crippen molar-refractivity contribution in [1.29, 1.82) is 0 Å². The molecule has 0 radical (unpaired) electrons. The highest BCUT2D eigenvalue weighted by Gasteiger charge is 2.19. The smallest absolute Gasteiger partial charge is 0.339 e. The van der Waals surface area contributed by atoms with Crippen LogP contribution < -0.4 is 5.32 Å². The fourth-order valence-electron chi connectivity index (χ4n) is 2.30. The standard InChI is InChI=1S/C18H25NO4S/c1-13(2)10-19-17(20)11-23-18(21)15-7-3-4-8-16(15)24-12-14-6-5-9-22-14/h3-4,7-8,13-14H,5-6,9-12H2,1-2H3,(H,19,20)/t14-/m1/s1. The third kappa shape index (κ3) is 6.17. The molecule has 0 unspecified atom stereocenters. The monoisotopic (exact) mass is 351 g/mol. The number of thioether (sulfide) groups is 1. The van der Waals surface area contributed by atoms with Gasteiger partial charge in [-0.25, -0.2) is 4.79 Å². The van der Waals surface area contributed by atoms with Crippen molar-refractivity contribution < 1.29 is 19.1 Å². The first-order chi connectivity index (χ1) is 11.6. The van der Waals surface area contributed by atoms with Crippen LogP contribution in [0.2, 0.25) is 0 Å². The quantitative estimate of drug-likeness (QED) is 0.576. The lowest BCUT2D eigenvalue weighted by atomic mass is 10.2. The molecule has 1 heterocycles. The van der Waals surface area contributed by atoms with E-state index in [-0.39, 0.29) is 18.6 Å². The van der Waals surface area contributed by atoms with Crippen molar-refractivity contribution in [3.05, 3.63) is 29.8 Å². The summed E-state index contributed by atoms with van der Waals surface area (Å²) in [5, 5.41) is 2.73. The van der Waals surface area contributed by atoms with Gasteiger partial charge >= 0.3 is 5.97 Å². The fourth-order valence-corrected chi connectivity index (χ4v) is 3.41. The van der Waals surface area contributed by atoms with Crippen molar-refractivity contribution in [3.8, 4) is 0 Å². The molecule has 0 spiro atoms. The van der Waals surface area contributed by atoms with Crippen LogP contribution in [0.15, 0.2) is 29.2 Å². The first-order valence-electron chi connectivity index (χ1n) is 8.33. The number of nitrogens with one attached hydrogen (secondary N) is 1. The van der Waals surface area contributed by atoms with Gasteiger partial charge in [-0.2, -0.15) is 0 Å². The maximum Gasteiger partial charge on any atom is 0.339 e. The van der Waals surface area contributed by atoms with Gasteiger partial charge in [-0.05, 0) is 30.9 Å². The van der Waals surface area contributed by atoms with Gasteiger partial charge in [0.05, 0.1) is 11.7 Å². The van der Waals surface area contributed by atoms with Crippen LogP contribution >= 0.6 is 11.8 Å². The Morgan fingerprint density at radius 1 is 1.38 bits per heavy atom. The SMILES string of the molecule is CC(C)CNC(=O)COC(=O)c1ccccc1SC[C@H]1CCCO1. The molecular weight excluding hydrogens is 326 g/mol. The summed E-state index contributed by atoms with van der Waals surface area (Å²) < 4.78 is 10.7. The molecule has 1 saturated heterocycles. The number of rotatable bonds is 8. The van der Waals surface area contributed by atoms with Crippen LogP contribution in [-0.2, 0) is 14.3 Å². The van der Waals surface area contributed by atoms with Crippen molar-refractivity contribution >= 4 is 23.6 Å². The van der Waals surface area contributed by atoms with Gasteiger partial charge in [0.25, 0.3) is 5.91 Å². The fraction of sp³-hybridized carbons (Fsp3) is 0.556. The van der Waals surface area contributed by atoms with E-state index in [9.17, 15) is 9.59 Å². The lowest BCUT2D eigenvalue weighted by Gasteiger charge is -2.12. The first kappa shape index (κ1) is 18.8. The molecule has 1 amide bonds. The van der Waals surface area contributed by atoms with Crippen molar-refractivity contribution in [3.63, 3.8) is 0 Å². The number of benzene rings is 1. The molecular formula is C18H25NO4S. The molecule has 0 aliphatic carbocycles. The van der Waals surface area contributed by atoms with E-state index in [4.69, 9.17) is 9.47 Å². The van der Waals surface area contributed by atoms with Gasteiger partial charge in [0.15, 0.2) is 6.61 Å². The minimum absolute atomic E-state index is 0.251. The molecule has 1 atom stereocenters. The maximum absolute atomic E-state index is 12.3. The number of ether oxygens (including phenoxy) is 2. The lowest BCUT2D eigenvalue weighted by Crippen LogP contribution is -2.31. The predicted molar refractivity (Wildman–Crippen MR) is 94.3 cm³/mol. The van der Waals surface area contributed by atoms with Crippen LogP contribution in [0.1, 0.15) is 37.0 Å². The zero-order valence-electron chi connectivity index (χ0n) is 14.2. The molecule has 1 aliphatic rings. The lowest BCUT2D eigenvalue weighted by molar-refractivity contribution is -0.124. The number of carbonyl (C=O) groups is 2. The van der Waals surface area contributed by atoms with Crippen molar-refractivity contribution in [2.75, 3.05) is 25.5 Å². The predicted octanol–water partition coefficient (Wildman–Crippen LogP) is 2.89. The zero-order valence-corrected chi connectivity index (χ0v) is 15.1. The van der Waals surface area contributed by atoms with Gasteiger partial charge in [-0.3, -0.25) is 4.79 Å². The summed E-state index contributed by atoms with van der Waals surface area (Å²) in [5.41, 5.74) is 0.497. The second kappa shape index (κ2) is 9.69. The van der Waals surface area contributed by atoms with Crippen molar-refractivity contribution in [2.45, 2.75) is 37.7 Å². The van der Waals surface area contributed by atoms with Crippen LogP contribution in [0.25, 0.3) is 0 Å². The van der Waals surface area contributed by atoms with E-state index in [1.54, 1.807) is 23.9 Å². The molecule has 0 saturated carbocycles. The van der Waals surface area contributed by atoms with E-state index >= 15 is 0 Å². The highest BCUT2D eigenvalue weighted by atomic mass is 32.2. The van der Waals surface area contributed by atoms with Crippen LogP contribution in [0, 0.1) is 5.92 Å². The topological polar surface area (TPSA) is 64.6 Å². The van der Waals surface area contributed by atoms with Gasteiger partial charge in [-0.15, -0.1) is 11.8 Å². The molecule has 1 N–H and O–H groups in total. The zero-order chi connectivity index (χ0) is 17.4. The van der Waals surface area contributed by atoms with Gasteiger partial charge in [0.2, 0.25) is 0 Å². The second-order valence-electron chi connectivity index (χ2n) is 6.22. The Morgan fingerprint density at radius 3 is 2.88 bits per heavy atom. The Bertz CT molecular complexity index is 556. The molecule has 1 aromatic rings. The molecule has 1 aliphatic heterocycles. The molecule has 0 aromatic heterocycles. The summed E-state index contributed by atoms with van der Waals surface area (Å²) in [6.45, 7) is 5.16. The minimum Gasteiger partial charge on any atom is -0.452 e. The normalized spacial score (nSPS) is 17.0. The van der Waals surface area contributed by atoms with E-state index < -0.39 is 5.97 Å². The molecule has 0 bridgehead atoms. The molecule has 1 fully saturated rings. The van der Waals surface area contributed by atoms with Crippen LogP contribution in [0.5, 0.6) is 0 Å². The van der Waals surface area contributed by atoms with Gasteiger partial charge < -0.3 is 14.8 Å². The Morgan fingerprint density at radius 2 is 2.17 bits per heavy atom. The summed E-state index contributed by atoms with van der Waals surface area (Å²) in [7, 11) is 0. The molecule has 2 rings (SSSR count). The van der Waals surface area contributed by atoms with E-state index in [1.807, 2.05) is 26.0 Å². The number of hydrogen-bond acceptors (Lipinski definition) is 5. The van der Waals surface area contributed by atoms with E-state index in [0.29, 0.717) is 18.0 Å². The molecule has 132 valence electrons. The second-order valence-corrected chi connectivity index (χ2v) is 7.28. The first-order valence-corrected chi connectivity index (χ1v) is 9.32. The van der Waals surface area contributed by atoms with Crippen LogP contribution in [-0.4, -0.2) is 43.5 Å². The average molecular weight is 351 g/mol. The number of carbonyl (C=O) groups excluding carboxylic acids is 2. The Hall–Kier alpha value is -1.53. The van der Waals surface area contributed by atoms with Gasteiger partial charge in [0, 0.05) is 23.8 Å². The van der Waals surface area contributed by atoms with E-state index in [0.717, 1.165) is 30.1 Å². The Kier molecular flexibility index (Phi) is 7.59. The molecule has 6 heteroatoms.